The summed E-state index contributed by atoms with van der Waals surface area (Å²) in [6.45, 7) is 4.83. The Morgan fingerprint density at radius 2 is 2.30 bits per heavy atom. The molecule has 0 bridgehead atoms. The highest BCUT2D eigenvalue weighted by molar-refractivity contribution is 5.46. The van der Waals surface area contributed by atoms with E-state index in [4.69, 9.17) is 15.2 Å². The number of nitrogens with two attached hydrogens (primary N) is 1. The predicted octanol–water partition coefficient (Wildman–Crippen LogP) is 2.47. The molecule has 1 aromatic rings. The third-order valence-electron chi connectivity index (χ3n) is 3.25. The van der Waals surface area contributed by atoms with E-state index >= 15 is 0 Å². The number of rotatable bonds is 3. The lowest BCUT2D eigenvalue weighted by molar-refractivity contribution is -0.0326. The van der Waals surface area contributed by atoms with Crippen molar-refractivity contribution in [2.24, 2.45) is 5.73 Å². The second-order valence-corrected chi connectivity index (χ2v) is 5.50. The van der Waals surface area contributed by atoms with Crippen LogP contribution in [0.3, 0.4) is 0 Å². The summed E-state index contributed by atoms with van der Waals surface area (Å²) >= 11 is 0. The Hall–Kier alpha value is -1.57. The highest BCUT2D eigenvalue weighted by Crippen LogP contribution is 2.30. The Morgan fingerprint density at radius 3 is 2.95 bits per heavy atom. The molecule has 1 unspecified atom stereocenters. The normalized spacial score (nSPS) is 20.3. The monoisotopic (exact) mass is 277 g/mol. The van der Waals surface area contributed by atoms with Gasteiger partial charge in [0.05, 0.1) is 23.8 Å². The molecule has 1 aliphatic rings. The molecule has 0 aromatic heterocycles. The number of halogens is 1. The SMILES string of the molecule is CC1(C)CCC(COc2ccc(F)cc2C#CCN)O1. The van der Waals surface area contributed by atoms with E-state index < -0.39 is 0 Å². The lowest BCUT2D eigenvalue weighted by Gasteiger charge is -2.19. The fourth-order valence-corrected chi connectivity index (χ4v) is 2.25. The Morgan fingerprint density at radius 1 is 1.50 bits per heavy atom. The topological polar surface area (TPSA) is 44.5 Å². The number of hydrogen-bond acceptors (Lipinski definition) is 3. The summed E-state index contributed by atoms with van der Waals surface area (Å²) in [4.78, 5) is 0. The molecule has 20 heavy (non-hydrogen) atoms. The van der Waals surface area contributed by atoms with Gasteiger partial charge in [-0.25, -0.2) is 4.39 Å². The standard InChI is InChI=1S/C16H20FNO2/c1-16(2)8-7-14(20-16)11-19-15-6-5-13(17)10-12(15)4-3-9-18/h5-6,10,14H,7-9,11,18H2,1-2H3. The minimum Gasteiger partial charge on any atom is -0.490 e. The van der Waals surface area contributed by atoms with Crippen LogP contribution in [0.1, 0.15) is 32.3 Å². The van der Waals surface area contributed by atoms with Crippen LogP contribution in [-0.4, -0.2) is 24.9 Å². The molecule has 1 aromatic carbocycles. The molecular weight excluding hydrogens is 257 g/mol. The van der Waals surface area contributed by atoms with E-state index in [1.54, 1.807) is 6.07 Å². The maximum absolute atomic E-state index is 13.2. The first-order valence-electron chi connectivity index (χ1n) is 6.79. The van der Waals surface area contributed by atoms with Crippen LogP contribution in [0.25, 0.3) is 0 Å². The number of hydrogen-bond donors (Lipinski definition) is 1. The zero-order valence-corrected chi connectivity index (χ0v) is 11.9. The highest BCUT2D eigenvalue weighted by atomic mass is 19.1. The Bertz CT molecular complexity index is 531. The molecule has 1 saturated heterocycles. The maximum atomic E-state index is 13.2. The van der Waals surface area contributed by atoms with Gasteiger partial charge in [0.25, 0.3) is 0 Å². The van der Waals surface area contributed by atoms with Crippen LogP contribution in [-0.2, 0) is 4.74 Å². The van der Waals surface area contributed by atoms with Crippen LogP contribution in [0.5, 0.6) is 5.75 Å². The molecular formula is C16H20FNO2. The van der Waals surface area contributed by atoms with E-state index in [0.29, 0.717) is 17.9 Å². The first-order chi connectivity index (χ1) is 9.50. The van der Waals surface area contributed by atoms with E-state index in [1.807, 2.05) is 0 Å². The summed E-state index contributed by atoms with van der Waals surface area (Å²) in [5.74, 6) is 5.77. The average molecular weight is 277 g/mol. The van der Waals surface area contributed by atoms with E-state index in [-0.39, 0.29) is 24.1 Å². The second kappa shape index (κ2) is 6.25. The van der Waals surface area contributed by atoms with Crippen molar-refractivity contribution in [3.8, 4) is 17.6 Å². The van der Waals surface area contributed by atoms with Gasteiger partial charge in [-0.1, -0.05) is 11.8 Å². The molecule has 1 fully saturated rings. The first-order valence-corrected chi connectivity index (χ1v) is 6.79. The van der Waals surface area contributed by atoms with Crippen LogP contribution in [0.4, 0.5) is 4.39 Å². The number of benzene rings is 1. The lowest BCUT2D eigenvalue weighted by Crippen LogP contribution is -2.24. The number of ether oxygens (including phenoxy) is 2. The molecule has 0 radical (unpaired) electrons. The Balaban J connectivity index is 2.02. The molecule has 0 amide bonds. The van der Waals surface area contributed by atoms with Gasteiger partial charge in [-0.2, -0.15) is 0 Å². The van der Waals surface area contributed by atoms with Gasteiger partial charge in [0.1, 0.15) is 18.2 Å². The van der Waals surface area contributed by atoms with Crippen LogP contribution >= 0.6 is 0 Å². The molecule has 3 nitrogen and oxygen atoms in total. The van der Waals surface area contributed by atoms with Gasteiger partial charge in [-0.05, 0) is 44.9 Å². The van der Waals surface area contributed by atoms with Gasteiger partial charge in [-0.15, -0.1) is 0 Å². The Kier molecular flexibility index (Phi) is 4.64. The van der Waals surface area contributed by atoms with Gasteiger partial charge in [0, 0.05) is 0 Å². The molecule has 0 spiro atoms. The largest absolute Gasteiger partial charge is 0.490 e. The van der Waals surface area contributed by atoms with Crippen molar-refractivity contribution in [2.45, 2.75) is 38.4 Å². The molecule has 1 aliphatic heterocycles. The molecule has 1 heterocycles. The van der Waals surface area contributed by atoms with Gasteiger partial charge in [0.2, 0.25) is 0 Å². The second-order valence-electron chi connectivity index (χ2n) is 5.50. The molecule has 0 aliphatic carbocycles. The fourth-order valence-electron chi connectivity index (χ4n) is 2.25. The summed E-state index contributed by atoms with van der Waals surface area (Å²) in [6, 6.07) is 4.32. The van der Waals surface area contributed by atoms with Gasteiger partial charge in [0.15, 0.2) is 0 Å². The zero-order valence-electron chi connectivity index (χ0n) is 11.9. The maximum Gasteiger partial charge on any atom is 0.135 e. The third-order valence-corrected chi connectivity index (χ3v) is 3.25. The summed E-state index contributed by atoms with van der Waals surface area (Å²) in [5, 5.41) is 0. The van der Waals surface area contributed by atoms with Crippen molar-refractivity contribution >= 4 is 0 Å². The molecule has 2 rings (SSSR count). The van der Waals surface area contributed by atoms with Crippen LogP contribution in [0, 0.1) is 17.7 Å². The molecule has 4 heteroatoms. The van der Waals surface area contributed by atoms with Crippen molar-refractivity contribution < 1.29 is 13.9 Å². The molecule has 2 N–H and O–H groups in total. The van der Waals surface area contributed by atoms with E-state index in [2.05, 4.69) is 25.7 Å². The van der Waals surface area contributed by atoms with Crippen molar-refractivity contribution in [1.82, 2.24) is 0 Å². The predicted molar refractivity (Wildman–Crippen MR) is 76.0 cm³/mol. The molecule has 108 valence electrons. The minimum absolute atomic E-state index is 0.0744. The highest BCUT2D eigenvalue weighted by Gasteiger charge is 2.31. The van der Waals surface area contributed by atoms with Crippen LogP contribution < -0.4 is 10.5 Å². The summed E-state index contributed by atoms with van der Waals surface area (Å²) < 4.78 is 24.8. The third kappa shape index (κ3) is 3.96. The van der Waals surface area contributed by atoms with Gasteiger partial charge < -0.3 is 15.2 Å². The summed E-state index contributed by atoms with van der Waals surface area (Å²) in [6.07, 6.45) is 2.06. The van der Waals surface area contributed by atoms with E-state index in [0.717, 1.165) is 12.8 Å². The average Bonchev–Trinajstić information content (AvgIpc) is 2.75. The molecule has 0 saturated carbocycles. The minimum atomic E-state index is -0.336. The summed E-state index contributed by atoms with van der Waals surface area (Å²) in [7, 11) is 0. The lowest BCUT2D eigenvalue weighted by atomic mass is 10.1. The fraction of sp³-hybridized carbons (Fsp3) is 0.500. The smallest absolute Gasteiger partial charge is 0.135 e. The summed E-state index contributed by atoms with van der Waals surface area (Å²) in [5.41, 5.74) is 5.78. The van der Waals surface area contributed by atoms with Crippen molar-refractivity contribution in [1.29, 1.82) is 0 Å². The first kappa shape index (κ1) is 14.8. The van der Waals surface area contributed by atoms with E-state index in [1.165, 1.54) is 12.1 Å². The van der Waals surface area contributed by atoms with Crippen molar-refractivity contribution in [3.05, 3.63) is 29.6 Å². The van der Waals surface area contributed by atoms with Crippen LogP contribution in [0.2, 0.25) is 0 Å². The van der Waals surface area contributed by atoms with E-state index in [9.17, 15) is 4.39 Å². The van der Waals surface area contributed by atoms with Crippen molar-refractivity contribution in [3.63, 3.8) is 0 Å². The van der Waals surface area contributed by atoms with Crippen molar-refractivity contribution in [2.75, 3.05) is 13.2 Å². The Labute approximate surface area is 119 Å². The van der Waals surface area contributed by atoms with Crippen LogP contribution in [0.15, 0.2) is 18.2 Å². The zero-order chi connectivity index (χ0) is 14.6. The van der Waals surface area contributed by atoms with Gasteiger partial charge in [-0.3, -0.25) is 0 Å². The quantitative estimate of drug-likeness (QED) is 0.863. The molecule has 1 atom stereocenters. The van der Waals surface area contributed by atoms with Gasteiger partial charge >= 0.3 is 0 Å².